The Hall–Kier alpha value is -0.240. The lowest BCUT2D eigenvalue weighted by Gasteiger charge is -2.33. The van der Waals surface area contributed by atoms with Crippen LogP contribution in [-0.4, -0.2) is 105 Å². The molecule has 1 unspecified atom stereocenters. The Labute approximate surface area is 122 Å². The van der Waals surface area contributed by atoms with Crippen molar-refractivity contribution >= 4 is 0 Å². The summed E-state index contributed by atoms with van der Waals surface area (Å²) < 4.78 is 5.52. The lowest BCUT2D eigenvalue weighted by Crippen LogP contribution is -2.47. The number of nitrogens with one attached hydrogen (secondary N) is 1. The van der Waals surface area contributed by atoms with Gasteiger partial charge in [0.25, 0.3) is 0 Å². The zero-order valence-corrected chi connectivity index (χ0v) is 12.8. The molecule has 0 saturated carbocycles. The average molecular weight is 286 g/mol. The molecular weight excluding hydrogens is 256 g/mol. The van der Waals surface area contributed by atoms with Crippen LogP contribution in [0.5, 0.6) is 0 Å². The molecule has 6 heteroatoms. The van der Waals surface area contributed by atoms with Crippen molar-refractivity contribution < 1.29 is 9.84 Å². The minimum atomic E-state index is -0.638. The fourth-order valence-electron chi connectivity index (χ4n) is 2.75. The molecule has 0 aliphatic carbocycles. The molecule has 0 aromatic heterocycles. The fraction of sp³-hybridized carbons (Fsp3) is 1.00. The molecule has 2 rings (SSSR count). The van der Waals surface area contributed by atoms with Crippen LogP contribution >= 0.6 is 0 Å². The quantitative estimate of drug-likeness (QED) is 0.456. The lowest BCUT2D eigenvalue weighted by molar-refractivity contribution is -0.117. The molecule has 2 N–H and O–H groups in total. The molecule has 1 atom stereocenters. The Kier molecular flexibility index (Phi) is 7.19. The summed E-state index contributed by atoms with van der Waals surface area (Å²) in [5, 5.41) is 13.3. The van der Waals surface area contributed by atoms with E-state index in [1.54, 1.807) is 0 Å². The topological polar surface area (TPSA) is 51.2 Å². The number of rotatable bonds is 7. The summed E-state index contributed by atoms with van der Waals surface area (Å²) in [4.78, 5) is 7.05. The molecule has 2 heterocycles. The second-order valence-electron chi connectivity index (χ2n) is 5.87. The van der Waals surface area contributed by atoms with Gasteiger partial charge in [0.2, 0.25) is 0 Å². The monoisotopic (exact) mass is 286 g/mol. The molecule has 0 aromatic carbocycles. The van der Waals surface area contributed by atoms with Crippen LogP contribution in [0.3, 0.4) is 0 Å². The highest BCUT2D eigenvalue weighted by Gasteiger charge is 2.17. The molecule has 20 heavy (non-hydrogen) atoms. The van der Waals surface area contributed by atoms with Crippen molar-refractivity contribution in [2.24, 2.45) is 0 Å². The number of ether oxygens (including phenoxy) is 1. The molecule has 2 aliphatic heterocycles. The Balaban J connectivity index is 1.48. The number of hydrogen-bond acceptors (Lipinski definition) is 6. The van der Waals surface area contributed by atoms with Gasteiger partial charge in [-0.2, -0.15) is 0 Å². The number of hydrogen-bond donors (Lipinski definition) is 2. The standard InChI is InChI=1S/C14H30N4O2/c1-16-8-10-18(11-9-16)13-14(19)20-12-2-5-17-6-3-15-4-7-17/h14-15,19H,2-13H2,1H3. The van der Waals surface area contributed by atoms with Gasteiger partial charge in [-0.1, -0.05) is 0 Å². The van der Waals surface area contributed by atoms with Crippen molar-refractivity contribution in [2.45, 2.75) is 12.7 Å². The molecule has 2 fully saturated rings. The van der Waals surface area contributed by atoms with Gasteiger partial charge in [0, 0.05) is 65.4 Å². The summed E-state index contributed by atoms with van der Waals surface area (Å²) in [7, 11) is 2.14. The number of aliphatic hydroxyl groups is 1. The molecule has 2 aliphatic rings. The van der Waals surface area contributed by atoms with Gasteiger partial charge in [-0.05, 0) is 13.5 Å². The van der Waals surface area contributed by atoms with E-state index in [4.69, 9.17) is 4.74 Å². The van der Waals surface area contributed by atoms with Crippen LogP contribution in [0.25, 0.3) is 0 Å². The predicted molar refractivity (Wildman–Crippen MR) is 79.8 cm³/mol. The summed E-state index contributed by atoms with van der Waals surface area (Å²) >= 11 is 0. The van der Waals surface area contributed by atoms with Crippen LogP contribution in [0.4, 0.5) is 0 Å². The maximum atomic E-state index is 9.90. The van der Waals surface area contributed by atoms with Crippen LogP contribution in [-0.2, 0) is 4.74 Å². The highest BCUT2D eigenvalue weighted by atomic mass is 16.6. The maximum absolute atomic E-state index is 9.90. The Morgan fingerprint density at radius 2 is 1.75 bits per heavy atom. The van der Waals surface area contributed by atoms with Crippen LogP contribution in [0.1, 0.15) is 6.42 Å². The second kappa shape index (κ2) is 8.92. The zero-order valence-electron chi connectivity index (χ0n) is 12.8. The second-order valence-corrected chi connectivity index (χ2v) is 5.87. The van der Waals surface area contributed by atoms with E-state index < -0.39 is 6.29 Å². The van der Waals surface area contributed by atoms with Gasteiger partial charge in [0.05, 0.1) is 6.61 Å². The normalized spacial score (nSPS) is 24.9. The SMILES string of the molecule is CN1CCN(CC(O)OCCCN2CCNCC2)CC1. The molecule has 0 bridgehead atoms. The van der Waals surface area contributed by atoms with Gasteiger partial charge in [-0.3, -0.25) is 4.90 Å². The first-order chi connectivity index (χ1) is 9.74. The third-order valence-corrected chi connectivity index (χ3v) is 4.15. The summed E-state index contributed by atoms with van der Waals surface area (Å²) in [6.07, 6.45) is 0.362. The number of nitrogens with zero attached hydrogens (tertiary/aromatic N) is 3. The van der Waals surface area contributed by atoms with Crippen LogP contribution in [0, 0.1) is 0 Å². The smallest absolute Gasteiger partial charge is 0.167 e. The van der Waals surface area contributed by atoms with Crippen molar-refractivity contribution in [3.63, 3.8) is 0 Å². The van der Waals surface area contributed by atoms with Gasteiger partial charge in [-0.25, -0.2) is 0 Å². The molecular formula is C14H30N4O2. The van der Waals surface area contributed by atoms with Gasteiger partial charge in [-0.15, -0.1) is 0 Å². The molecule has 2 saturated heterocycles. The third-order valence-electron chi connectivity index (χ3n) is 4.15. The summed E-state index contributed by atoms with van der Waals surface area (Å²) in [5.41, 5.74) is 0. The Morgan fingerprint density at radius 1 is 1.05 bits per heavy atom. The molecule has 0 spiro atoms. The molecule has 6 nitrogen and oxygen atoms in total. The highest BCUT2D eigenvalue weighted by molar-refractivity contribution is 4.70. The highest BCUT2D eigenvalue weighted by Crippen LogP contribution is 2.02. The Bertz CT molecular complexity index is 254. The van der Waals surface area contributed by atoms with Crippen LogP contribution < -0.4 is 5.32 Å². The van der Waals surface area contributed by atoms with Gasteiger partial charge in [0.1, 0.15) is 0 Å². The van der Waals surface area contributed by atoms with Gasteiger partial charge < -0.3 is 25.0 Å². The zero-order chi connectivity index (χ0) is 14.2. The van der Waals surface area contributed by atoms with E-state index in [9.17, 15) is 5.11 Å². The summed E-state index contributed by atoms with van der Waals surface area (Å²) in [6.45, 7) is 11.0. The largest absolute Gasteiger partial charge is 0.367 e. The first kappa shape index (κ1) is 16.1. The van der Waals surface area contributed by atoms with Gasteiger partial charge in [0.15, 0.2) is 6.29 Å². The summed E-state index contributed by atoms with van der Waals surface area (Å²) in [6, 6.07) is 0. The van der Waals surface area contributed by atoms with Crippen molar-refractivity contribution in [3.8, 4) is 0 Å². The fourth-order valence-corrected chi connectivity index (χ4v) is 2.75. The van der Waals surface area contributed by atoms with Crippen molar-refractivity contribution in [1.29, 1.82) is 0 Å². The van der Waals surface area contributed by atoms with Crippen molar-refractivity contribution in [1.82, 2.24) is 20.0 Å². The molecule has 0 radical (unpaired) electrons. The average Bonchev–Trinajstić information content (AvgIpc) is 2.47. The van der Waals surface area contributed by atoms with Crippen LogP contribution in [0.15, 0.2) is 0 Å². The molecule has 118 valence electrons. The van der Waals surface area contributed by atoms with E-state index in [0.717, 1.165) is 65.3 Å². The Morgan fingerprint density at radius 3 is 2.45 bits per heavy atom. The number of piperazine rings is 2. The minimum absolute atomic E-state index is 0.638. The third kappa shape index (κ3) is 6.03. The van der Waals surface area contributed by atoms with E-state index in [-0.39, 0.29) is 0 Å². The predicted octanol–water partition coefficient (Wildman–Crippen LogP) is -1.14. The number of β-amino-alcohol motifs (C(OH)–C–C–N with tert-alkyl or cyclic N) is 1. The van der Waals surface area contributed by atoms with E-state index in [2.05, 4.69) is 27.1 Å². The first-order valence-corrected chi connectivity index (χ1v) is 7.87. The van der Waals surface area contributed by atoms with Crippen molar-refractivity contribution in [3.05, 3.63) is 0 Å². The van der Waals surface area contributed by atoms with E-state index in [1.165, 1.54) is 0 Å². The molecule has 0 aromatic rings. The van der Waals surface area contributed by atoms with Crippen LogP contribution in [0.2, 0.25) is 0 Å². The first-order valence-electron chi connectivity index (χ1n) is 7.87. The van der Waals surface area contributed by atoms with E-state index in [1.807, 2.05) is 0 Å². The minimum Gasteiger partial charge on any atom is -0.367 e. The van der Waals surface area contributed by atoms with E-state index in [0.29, 0.717) is 13.2 Å². The maximum Gasteiger partial charge on any atom is 0.167 e. The van der Waals surface area contributed by atoms with E-state index >= 15 is 0 Å². The number of likely N-dealkylation sites (N-methyl/N-ethyl adjacent to an activating group) is 1. The lowest BCUT2D eigenvalue weighted by atomic mass is 10.3. The molecule has 0 amide bonds. The van der Waals surface area contributed by atoms with Crippen molar-refractivity contribution in [2.75, 3.05) is 79.1 Å². The summed E-state index contributed by atoms with van der Waals surface area (Å²) in [5.74, 6) is 0. The number of aliphatic hydroxyl groups excluding tert-OH is 1. The van der Waals surface area contributed by atoms with Gasteiger partial charge >= 0.3 is 0 Å².